The van der Waals surface area contributed by atoms with Gasteiger partial charge in [0.05, 0.1) is 19.6 Å². The Kier molecular flexibility index (Phi) is 6.89. The van der Waals surface area contributed by atoms with Gasteiger partial charge in [0.1, 0.15) is 5.75 Å². The Labute approximate surface area is 178 Å². The average molecular weight is 416 g/mol. The molecule has 0 spiro atoms. The molecule has 0 bridgehead atoms. The molecule has 2 heterocycles. The van der Waals surface area contributed by atoms with Crippen molar-refractivity contribution in [3.63, 3.8) is 0 Å². The number of aromatic hydroxyl groups is 1. The summed E-state index contributed by atoms with van der Waals surface area (Å²) in [5, 5.41) is 12.7. The van der Waals surface area contributed by atoms with Gasteiger partial charge in [0.2, 0.25) is 11.8 Å². The van der Waals surface area contributed by atoms with Crippen LogP contribution in [0, 0.1) is 5.92 Å². The zero-order valence-electron chi connectivity index (χ0n) is 17.6. The maximum Gasteiger partial charge on any atom is 0.224 e. The standard InChI is InChI=1S/C23H33N3O4/c27-21-3-1-2-18(12-21)13-22(28)24-15-20-7-6-19(26(20)16-17-4-5-17)14-23(29)25-8-10-30-11-9-25/h1-3,12,17,19-20,27H,4-11,13-16H2,(H,24,28)/t19-,20+/m1/s1. The van der Waals surface area contributed by atoms with Gasteiger partial charge in [-0.2, -0.15) is 0 Å². The summed E-state index contributed by atoms with van der Waals surface area (Å²) in [6.07, 6.45) is 5.41. The summed E-state index contributed by atoms with van der Waals surface area (Å²) < 4.78 is 5.36. The van der Waals surface area contributed by atoms with Gasteiger partial charge in [-0.25, -0.2) is 0 Å². The first-order chi connectivity index (χ1) is 14.6. The molecule has 4 rings (SSSR count). The lowest BCUT2D eigenvalue weighted by Gasteiger charge is -2.33. The molecule has 1 aromatic rings. The van der Waals surface area contributed by atoms with Crippen molar-refractivity contribution >= 4 is 11.8 Å². The van der Waals surface area contributed by atoms with Gasteiger partial charge in [0.15, 0.2) is 0 Å². The van der Waals surface area contributed by atoms with Crippen LogP contribution < -0.4 is 5.32 Å². The molecule has 3 fully saturated rings. The number of carbonyl (C=O) groups excluding carboxylic acids is 2. The van der Waals surface area contributed by atoms with Gasteiger partial charge < -0.3 is 20.1 Å². The van der Waals surface area contributed by atoms with E-state index in [2.05, 4.69) is 10.2 Å². The molecule has 7 heteroatoms. The molecule has 1 aliphatic carbocycles. The Bertz CT molecular complexity index is 746. The lowest BCUT2D eigenvalue weighted by molar-refractivity contribution is -0.136. The normalized spacial score (nSPS) is 24.7. The van der Waals surface area contributed by atoms with Gasteiger partial charge in [0.25, 0.3) is 0 Å². The topological polar surface area (TPSA) is 82.1 Å². The third-order valence-electron chi connectivity index (χ3n) is 6.52. The fourth-order valence-electron chi connectivity index (χ4n) is 4.64. The van der Waals surface area contributed by atoms with Crippen molar-refractivity contribution in [3.8, 4) is 5.75 Å². The predicted octanol–water partition coefficient (Wildman–Crippen LogP) is 1.54. The zero-order chi connectivity index (χ0) is 20.9. The van der Waals surface area contributed by atoms with E-state index in [1.165, 1.54) is 12.8 Å². The van der Waals surface area contributed by atoms with Crippen molar-refractivity contribution in [2.75, 3.05) is 39.4 Å². The Morgan fingerprint density at radius 2 is 1.87 bits per heavy atom. The van der Waals surface area contributed by atoms with Crippen LogP contribution in [-0.4, -0.2) is 78.2 Å². The molecule has 7 nitrogen and oxygen atoms in total. The summed E-state index contributed by atoms with van der Waals surface area (Å²) in [6.45, 7) is 4.32. The highest BCUT2D eigenvalue weighted by Gasteiger charge is 2.38. The molecular formula is C23H33N3O4. The molecule has 0 radical (unpaired) electrons. The Balaban J connectivity index is 1.29. The monoisotopic (exact) mass is 415 g/mol. The van der Waals surface area contributed by atoms with Crippen LogP contribution in [0.4, 0.5) is 0 Å². The van der Waals surface area contributed by atoms with Crippen molar-refractivity contribution in [1.29, 1.82) is 0 Å². The number of amides is 2. The zero-order valence-corrected chi connectivity index (χ0v) is 17.6. The van der Waals surface area contributed by atoms with Crippen molar-refractivity contribution in [3.05, 3.63) is 29.8 Å². The summed E-state index contributed by atoms with van der Waals surface area (Å²) in [5.41, 5.74) is 0.808. The number of carbonyl (C=O) groups is 2. The second-order valence-electron chi connectivity index (χ2n) is 8.87. The minimum atomic E-state index is -0.0279. The highest BCUT2D eigenvalue weighted by atomic mass is 16.5. The SMILES string of the molecule is O=C(Cc1cccc(O)c1)NC[C@@H]1CC[C@H](CC(=O)N2CCOCC2)N1CC1CC1. The number of hydrogen-bond donors (Lipinski definition) is 2. The molecule has 30 heavy (non-hydrogen) atoms. The van der Waals surface area contributed by atoms with Gasteiger partial charge in [-0.15, -0.1) is 0 Å². The molecule has 2 atom stereocenters. The lowest BCUT2D eigenvalue weighted by Crippen LogP contribution is -2.47. The second-order valence-corrected chi connectivity index (χ2v) is 8.87. The molecule has 0 unspecified atom stereocenters. The smallest absolute Gasteiger partial charge is 0.224 e. The Morgan fingerprint density at radius 3 is 2.60 bits per heavy atom. The quantitative estimate of drug-likeness (QED) is 0.673. The van der Waals surface area contributed by atoms with Crippen LogP contribution in [0.2, 0.25) is 0 Å². The summed E-state index contributed by atoms with van der Waals surface area (Å²) in [7, 11) is 0. The first kappa shape index (κ1) is 21.1. The number of likely N-dealkylation sites (tertiary alicyclic amines) is 1. The first-order valence-corrected chi connectivity index (χ1v) is 11.2. The summed E-state index contributed by atoms with van der Waals surface area (Å²) in [5.74, 6) is 1.13. The highest BCUT2D eigenvalue weighted by Crippen LogP contribution is 2.35. The molecule has 164 valence electrons. The molecule has 3 aliphatic rings. The van der Waals surface area contributed by atoms with E-state index in [0.717, 1.165) is 30.9 Å². The maximum absolute atomic E-state index is 12.8. The van der Waals surface area contributed by atoms with Crippen molar-refractivity contribution < 1.29 is 19.4 Å². The molecule has 1 aromatic carbocycles. The third-order valence-corrected chi connectivity index (χ3v) is 6.52. The number of hydrogen-bond acceptors (Lipinski definition) is 5. The number of phenols is 1. The molecule has 2 amide bonds. The van der Waals surface area contributed by atoms with E-state index in [0.29, 0.717) is 45.3 Å². The Hall–Kier alpha value is -2.12. The molecule has 2 N–H and O–H groups in total. The number of ether oxygens (including phenoxy) is 1. The van der Waals surface area contributed by atoms with Gasteiger partial charge in [-0.3, -0.25) is 14.5 Å². The summed E-state index contributed by atoms with van der Waals surface area (Å²) >= 11 is 0. The fourth-order valence-corrected chi connectivity index (χ4v) is 4.64. The van der Waals surface area contributed by atoms with E-state index in [-0.39, 0.29) is 30.0 Å². The number of morpholine rings is 1. The van der Waals surface area contributed by atoms with Crippen molar-refractivity contribution in [1.82, 2.24) is 15.1 Å². The predicted molar refractivity (Wildman–Crippen MR) is 113 cm³/mol. The second kappa shape index (κ2) is 9.79. The minimum absolute atomic E-state index is 0.0279. The highest BCUT2D eigenvalue weighted by molar-refractivity contribution is 5.78. The van der Waals surface area contributed by atoms with Crippen LogP contribution in [0.1, 0.15) is 37.7 Å². The average Bonchev–Trinajstić information content (AvgIpc) is 3.49. The van der Waals surface area contributed by atoms with Gasteiger partial charge in [-0.05, 0) is 49.3 Å². The van der Waals surface area contributed by atoms with E-state index >= 15 is 0 Å². The number of benzene rings is 1. The largest absolute Gasteiger partial charge is 0.508 e. The van der Waals surface area contributed by atoms with Crippen molar-refractivity contribution in [2.45, 2.75) is 50.6 Å². The first-order valence-electron chi connectivity index (χ1n) is 11.2. The van der Waals surface area contributed by atoms with Crippen LogP contribution in [0.3, 0.4) is 0 Å². The minimum Gasteiger partial charge on any atom is -0.508 e. The third kappa shape index (κ3) is 5.73. The molecule has 0 aromatic heterocycles. The van der Waals surface area contributed by atoms with E-state index in [1.54, 1.807) is 18.2 Å². The van der Waals surface area contributed by atoms with Crippen molar-refractivity contribution in [2.24, 2.45) is 5.92 Å². The molecular weight excluding hydrogens is 382 g/mol. The Morgan fingerprint density at radius 1 is 1.10 bits per heavy atom. The fraction of sp³-hybridized carbons (Fsp3) is 0.652. The van der Waals surface area contributed by atoms with Crippen LogP contribution in [0.15, 0.2) is 24.3 Å². The summed E-state index contributed by atoms with van der Waals surface area (Å²) in [4.78, 5) is 29.6. The van der Waals surface area contributed by atoms with E-state index in [1.807, 2.05) is 11.0 Å². The van der Waals surface area contributed by atoms with Crippen LogP contribution in [0.5, 0.6) is 5.75 Å². The molecule has 2 saturated heterocycles. The maximum atomic E-state index is 12.8. The van der Waals surface area contributed by atoms with E-state index in [9.17, 15) is 14.7 Å². The number of nitrogens with one attached hydrogen (secondary N) is 1. The number of rotatable bonds is 8. The van der Waals surface area contributed by atoms with Gasteiger partial charge in [0, 0.05) is 44.7 Å². The van der Waals surface area contributed by atoms with Crippen LogP contribution >= 0.6 is 0 Å². The molecule has 1 saturated carbocycles. The van der Waals surface area contributed by atoms with Gasteiger partial charge >= 0.3 is 0 Å². The van der Waals surface area contributed by atoms with Crippen LogP contribution in [-0.2, 0) is 20.7 Å². The molecule has 2 aliphatic heterocycles. The van der Waals surface area contributed by atoms with E-state index in [4.69, 9.17) is 4.74 Å². The summed E-state index contributed by atoms with van der Waals surface area (Å²) in [6, 6.07) is 7.40. The van der Waals surface area contributed by atoms with Gasteiger partial charge in [-0.1, -0.05) is 12.1 Å². The lowest BCUT2D eigenvalue weighted by atomic mass is 10.1. The number of phenolic OH excluding ortho intramolecular Hbond substituents is 1. The number of nitrogens with zero attached hydrogens (tertiary/aromatic N) is 2. The van der Waals surface area contributed by atoms with E-state index < -0.39 is 0 Å². The van der Waals surface area contributed by atoms with Crippen LogP contribution in [0.25, 0.3) is 0 Å².